The van der Waals surface area contributed by atoms with Gasteiger partial charge in [-0.3, -0.25) is 0 Å². The zero-order valence-corrected chi connectivity index (χ0v) is 20.3. The summed E-state index contributed by atoms with van der Waals surface area (Å²) < 4.78 is 65.7. The molecule has 0 aliphatic rings. The molecule has 3 heterocycles. The molecule has 3 aromatic heterocycles. The van der Waals surface area contributed by atoms with Crippen LogP contribution in [0, 0.1) is 12.7 Å². The first-order valence-electron chi connectivity index (χ1n) is 10.6. The highest BCUT2D eigenvalue weighted by atomic mass is 35.5. The minimum atomic E-state index is -4.51. The molecule has 1 N–H and O–H groups in total. The van der Waals surface area contributed by atoms with E-state index in [0.29, 0.717) is 11.2 Å². The van der Waals surface area contributed by atoms with Crippen LogP contribution in [0.3, 0.4) is 0 Å². The number of alkyl halides is 3. The summed E-state index contributed by atoms with van der Waals surface area (Å²) in [6.45, 7) is 8.28. The lowest BCUT2D eigenvalue weighted by molar-refractivity contribution is -0.137. The number of benzene rings is 1. The van der Waals surface area contributed by atoms with Gasteiger partial charge < -0.3 is 18.8 Å². The van der Waals surface area contributed by atoms with Crippen LogP contribution < -0.4 is 4.74 Å². The minimum Gasteiger partial charge on any atom is -0.481 e. The number of aliphatic hydroxyl groups excluding tert-OH is 1. The van der Waals surface area contributed by atoms with Crippen LogP contribution in [0.2, 0.25) is 5.02 Å². The van der Waals surface area contributed by atoms with E-state index >= 15 is 0 Å². The van der Waals surface area contributed by atoms with E-state index in [0.717, 1.165) is 18.3 Å². The normalized spacial score (nSPS) is 12.0. The first-order valence-corrected chi connectivity index (χ1v) is 11.0. The number of aliphatic hydroxyl groups is 1. The Balaban J connectivity index is 0.00000167. The molecule has 4 rings (SSSR count). The van der Waals surface area contributed by atoms with Crippen molar-refractivity contribution in [2.24, 2.45) is 0 Å². The number of aryl methyl sites for hydroxylation is 1. The predicted octanol–water partition coefficient (Wildman–Crippen LogP) is 6.35. The van der Waals surface area contributed by atoms with Crippen molar-refractivity contribution in [2.45, 2.75) is 46.4 Å². The second kappa shape index (κ2) is 9.82. The van der Waals surface area contributed by atoms with Gasteiger partial charge in [0.15, 0.2) is 11.6 Å². The SMILES string of the molecule is CC.Cc1cc(C(F)(F)F)cn2cc(-c3nc(-c4cc(F)c(OC(C)(C)CO)c(Cl)c4)no3)nc12. The number of fused-ring (bicyclic) bond motifs is 1. The summed E-state index contributed by atoms with van der Waals surface area (Å²) in [6.07, 6.45) is -2.26. The van der Waals surface area contributed by atoms with Gasteiger partial charge in [-0.1, -0.05) is 30.6 Å². The first kappa shape index (κ1) is 26.4. The van der Waals surface area contributed by atoms with Crippen molar-refractivity contribution in [3.05, 3.63) is 52.6 Å². The van der Waals surface area contributed by atoms with Crippen molar-refractivity contribution in [1.82, 2.24) is 19.5 Å². The molecule has 0 aliphatic carbocycles. The third kappa shape index (κ3) is 5.57. The second-order valence-corrected chi connectivity index (χ2v) is 8.39. The molecule has 0 amide bonds. The lowest BCUT2D eigenvalue weighted by atomic mass is 10.1. The lowest BCUT2D eigenvalue weighted by Gasteiger charge is -2.24. The predicted molar refractivity (Wildman–Crippen MR) is 122 cm³/mol. The van der Waals surface area contributed by atoms with Gasteiger partial charge in [0.25, 0.3) is 5.89 Å². The van der Waals surface area contributed by atoms with Gasteiger partial charge in [-0.05, 0) is 44.5 Å². The zero-order valence-electron chi connectivity index (χ0n) is 19.5. The van der Waals surface area contributed by atoms with Gasteiger partial charge in [0.05, 0.1) is 17.2 Å². The second-order valence-electron chi connectivity index (χ2n) is 7.98. The number of pyridine rings is 1. The van der Waals surface area contributed by atoms with E-state index in [4.69, 9.17) is 20.9 Å². The molecule has 0 spiro atoms. The van der Waals surface area contributed by atoms with Crippen LogP contribution in [0.4, 0.5) is 17.6 Å². The van der Waals surface area contributed by atoms with E-state index in [1.54, 1.807) is 13.8 Å². The molecule has 4 aromatic rings. The maximum Gasteiger partial charge on any atom is 0.417 e. The molecule has 0 unspecified atom stereocenters. The van der Waals surface area contributed by atoms with Gasteiger partial charge in [0.1, 0.15) is 16.9 Å². The van der Waals surface area contributed by atoms with Crippen LogP contribution in [0.15, 0.2) is 35.1 Å². The number of rotatable bonds is 5. The van der Waals surface area contributed by atoms with Gasteiger partial charge in [-0.15, -0.1) is 0 Å². The van der Waals surface area contributed by atoms with E-state index in [1.165, 1.54) is 23.6 Å². The van der Waals surface area contributed by atoms with Crippen molar-refractivity contribution in [3.8, 4) is 28.7 Å². The molecule has 0 atom stereocenters. The molecule has 0 saturated carbocycles. The summed E-state index contributed by atoms with van der Waals surface area (Å²) in [7, 11) is 0. The number of hydrogen-bond acceptors (Lipinski definition) is 6. The monoisotopic (exact) mass is 514 g/mol. The third-order valence-corrected chi connectivity index (χ3v) is 5.00. The van der Waals surface area contributed by atoms with Gasteiger partial charge in [0, 0.05) is 18.0 Å². The van der Waals surface area contributed by atoms with Crippen molar-refractivity contribution in [1.29, 1.82) is 0 Å². The molecule has 0 fully saturated rings. The van der Waals surface area contributed by atoms with Crippen molar-refractivity contribution >= 4 is 17.2 Å². The number of hydrogen-bond donors (Lipinski definition) is 1. The maximum atomic E-state index is 14.6. The fraction of sp³-hybridized carbons (Fsp3) is 0.348. The van der Waals surface area contributed by atoms with Crippen molar-refractivity contribution in [2.75, 3.05) is 6.61 Å². The van der Waals surface area contributed by atoms with E-state index in [2.05, 4.69) is 15.1 Å². The van der Waals surface area contributed by atoms with Crippen LogP contribution in [-0.4, -0.2) is 36.8 Å². The van der Waals surface area contributed by atoms with E-state index in [1.807, 2.05) is 13.8 Å². The highest BCUT2D eigenvalue weighted by Crippen LogP contribution is 2.35. The third-order valence-electron chi connectivity index (χ3n) is 4.72. The molecule has 0 saturated heterocycles. The van der Waals surface area contributed by atoms with Gasteiger partial charge in [0.2, 0.25) is 5.82 Å². The largest absolute Gasteiger partial charge is 0.481 e. The number of halogens is 5. The topological polar surface area (TPSA) is 85.7 Å². The lowest BCUT2D eigenvalue weighted by Crippen LogP contribution is -2.33. The Bertz CT molecular complexity index is 1330. The summed E-state index contributed by atoms with van der Waals surface area (Å²) in [4.78, 5) is 8.43. The van der Waals surface area contributed by atoms with E-state index in [-0.39, 0.29) is 40.4 Å². The maximum absolute atomic E-state index is 14.6. The number of ether oxygens (including phenoxy) is 1. The molecule has 35 heavy (non-hydrogen) atoms. The Kier molecular flexibility index (Phi) is 7.42. The highest BCUT2D eigenvalue weighted by molar-refractivity contribution is 6.32. The molecule has 1 aromatic carbocycles. The molecule has 0 aliphatic heterocycles. The standard InChI is InChI=1S/C21H17ClF4N4O3.C2H6/c1-10-4-12(21(24,25)26)7-30-8-15(27-18(10)30)19-28-17(29-33-19)11-5-13(22)16(14(23)6-11)32-20(2,3)9-31;1-2/h4-8,31H,9H2,1-3H3;1-2H3. The fourth-order valence-corrected chi connectivity index (χ4v) is 3.31. The molecule has 0 radical (unpaired) electrons. The highest BCUT2D eigenvalue weighted by Gasteiger charge is 2.32. The number of imidazole rings is 1. The van der Waals surface area contributed by atoms with Crippen LogP contribution in [0.25, 0.3) is 28.6 Å². The van der Waals surface area contributed by atoms with Gasteiger partial charge in [-0.25, -0.2) is 9.37 Å². The average Bonchev–Trinajstić information content (AvgIpc) is 3.44. The smallest absolute Gasteiger partial charge is 0.417 e. The molecule has 0 bridgehead atoms. The number of aromatic nitrogens is 4. The summed E-state index contributed by atoms with van der Waals surface area (Å²) in [5.41, 5.74) is -0.947. The van der Waals surface area contributed by atoms with Crippen molar-refractivity contribution < 1.29 is 31.9 Å². The Morgan fingerprint density at radius 2 is 1.80 bits per heavy atom. The van der Waals surface area contributed by atoms with E-state index in [9.17, 15) is 22.7 Å². The molecule has 7 nitrogen and oxygen atoms in total. The summed E-state index contributed by atoms with van der Waals surface area (Å²) in [5.74, 6) is -1.11. The van der Waals surface area contributed by atoms with Crippen LogP contribution in [-0.2, 0) is 6.18 Å². The number of nitrogens with zero attached hydrogens (tertiary/aromatic N) is 4. The Morgan fingerprint density at radius 1 is 1.11 bits per heavy atom. The Morgan fingerprint density at radius 3 is 2.40 bits per heavy atom. The summed E-state index contributed by atoms with van der Waals surface area (Å²) in [5, 5.41) is 13.0. The summed E-state index contributed by atoms with van der Waals surface area (Å²) >= 11 is 6.15. The summed E-state index contributed by atoms with van der Waals surface area (Å²) in [6, 6.07) is 3.45. The van der Waals surface area contributed by atoms with Crippen LogP contribution >= 0.6 is 11.6 Å². The first-order chi connectivity index (χ1) is 16.4. The minimum absolute atomic E-state index is 0.0106. The molecular weight excluding hydrogens is 492 g/mol. The average molecular weight is 515 g/mol. The van der Waals surface area contributed by atoms with Crippen LogP contribution in [0.1, 0.15) is 38.8 Å². The Labute approximate surface area is 203 Å². The fourth-order valence-electron chi connectivity index (χ4n) is 3.07. The van der Waals surface area contributed by atoms with Crippen molar-refractivity contribution in [3.63, 3.8) is 0 Å². The molecule has 12 heteroatoms. The Hall–Kier alpha value is -3.18. The molecule has 188 valence electrons. The van der Waals surface area contributed by atoms with Crippen LogP contribution in [0.5, 0.6) is 5.75 Å². The zero-order chi connectivity index (χ0) is 26.1. The van der Waals surface area contributed by atoms with E-state index < -0.39 is 23.2 Å². The van der Waals surface area contributed by atoms with Gasteiger partial charge in [-0.2, -0.15) is 18.2 Å². The molecular formula is C23H23ClF4N4O3. The quantitative estimate of drug-likeness (QED) is 0.312. The van der Waals surface area contributed by atoms with Gasteiger partial charge >= 0.3 is 6.18 Å².